The molecule has 0 aliphatic heterocycles. The number of hydrogen-bond donors (Lipinski definition) is 1. The summed E-state index contributed by atoms with van der Waals surface area (Å²) in [5.74, 6) is 0.631. The molecular formula is C19H18N6O. The third-order valence-electron chi connectivity index (χ3n) is 4.04. The van der Waals surface area contributed by atoms with Gasteiger partial charge in [0.1, 0.15) is 5.82 Å². The van der Waals surface area contributed by atoms with Crippen molar-refractivity contribution in [2.24, 2.45) is 0 Å². The van der Waals surface area contributed by atoms with Gasteiger partial charge in [-0.25, -0.2) is 4.98 Å². The Bertz CT molecular complexity index is 1090. The minimum absolute atomic E-state index is 0.117. The average molecular weight is 346 g/mol. The molecule has 0 radical (unpaired) electrons. The van der Waals surface area contributed by atoms with E-state index in [0.29, 0.717) is 29.8 Å². The molecule has 0 aliphatic rings. The summed E-state index contributed by atoms with van der Waals surface area (Å²) in [5, 5.41) is 9.41. The van der Waals surface area contributed by atoms with Crippen LogP contribution in [-0.4, -0.2) is 36.9 Å². The minimum atomic E-state index is -0.117. The summed E-state index contributed by atoms with van der Waals surface area (Å²) in [5.41, 5.74) is 2.35. The Morgan fingerprint density at radius 1 is 1.04 bits per heavy atom. The van der Waals surface area contributed by atoms with Crippen LogP contribution in [0.15, 0.2) is 65.6 Å². The van der Waals surface area contributed by atoms with E-state index in [1.165, 1.54) is 0 Å². The van der Waals surface area contributed by atoms with E-state index in [1.807, 2.05) is 60.5 Å². The van der Waals surface area contributed by atoms with Gasteiger partial charge >= 0.3 is 0 Å². The maximum Gasteiger partial charge on any atom is 0.258 e. The first-order chi connectivity index (χ1) is 12.7. The van der Waals surface area contributed by atoms with Gasteiger partial charge in [0.15, 0.2) is 0 Å². The Kier molecular flexibility index (Phi) is 4.28. The number of hydrogen-bond acceptors (Lipinski definition) is 5. The average Bonchev–Trinajstić information content (AvgIpc) is 3.11. The highest BCUT2D eigenvalue weighted by atomic mass is 16.1. The maximum atomic E-state index is 12.2. The molecule has 2 heterocycles. The highest BCUT2D eigenvalue weighted by Crippen LogP contribution is 2.09. The van der Waals surface area contributed by atoms with Gasteiger partial charge < -0.3 is 4.98 Å². The molecule has 0 spiro atoms. The molecule has 26 heavy (non-hydrogen) atoms. The van der Waals surface area contributed by atoms with Crippen LogP contribution >= 0.6 is 0 Å². The molecule has 0 saturated carbocycles. The summed E-state index contributed by atoms with van der Waals surface area (Å²) in [4.78, 5) is 23.2. The molecule has 0 fully saturated rings. The predicted octanol–water partition coefficient (Wildman–Crippen LogP) is 2.14. The Labute approximate surface area is 149 Å². The molecule has 0 amide bonds. The lowest BCUT2D eigenvalue weighted by atomic mass is 10.2. The van der Waals surface area contributed by atoms with Crippen LogP contribution in [0.4, 0.5) is 0 Å². The van der Waals surface area contributed by atoms with Crippen molar-refractivity contribution in [3.63, 3.8) is 0 Å². The van der Waals surface area contributed by atoms with E-state index in [2.05, 4.69) is 20.2 Å². The van der Waals surface area contributed by atoms with Gasteiger partial charge in [0.05, 0.1) is 35.0 Å². The van der Waals surface area contributed by atoms with Gasteiger partial charge in [-0.1, -0.05) is 30.3 Å². The fourth-order valence-corrected chi connectivity index (χ4v) is 2.85. The van der Waals surface area contributed by atoms with Crippen molar-refractivity contribution in [2.45, 2.75) is 13.1 Å². The number of rotatable bonds is 5. The second-order valence-corrected chi connectivity index (χ2v) is 6.16. The number of fused-ring (bicyclic) bond motifs is 1. The number of para-hydroxylation sites is 2. The second-order valence-electron chi connectivity index (χ2n) is 6.16. The van der Waals surface area contributed by atoms with E-state index in [-0.39, 0.29) is 5.56 Å². The zero-order valence-electron chi connectivity index (χ0n) is 14.3. The molecule has 7 nitrogen and oxygen atoms in total. The number of aromatic amines is 1. The van der Waals surface area contributed by atoms with E-state index >= 15 is 0 Å². The minimum Gasteiger partial charge on any atom is -0.309 e. The van der Waals surface area contributed by atoms with Crippen LogP contribution in [0.2, 0.25) is 0 Å². The topological polar surface area (TPSA) is 79.7 Å². The van der Waals surface area contributed by atoms with Crippen LogP contribution in [0, 0.1) is 0 Å². The summed E-state index contributed by atoms with van der Waals surface area (Å²) in [7, 11) is 1.96. The van der Waals surface area contributed by atoms with Crippen molar-refractivity contribution >= 4 is 10.9 Å². The third-order valence-corrected chi connectivity index (χ3v) is 4.04. The number of nitrogens with one attached hydrogen (secondary N) is 1. The first-order valence-corrected chi connectivity index (χ1v) is 8.32. The van der Waals surface area contributed by atoms with Gasteiger partial charge in [0, 0.05) is 6.54 Å². The van der Waals surface area contributed by atoms with Gasteiger partial charge in [-0.05, 0) is 31.3 Å². The van der Waals surface area contributed by atoms with E-state index in [9.17, 15) is 4.79 Å². The van der Waals surface area contributed by atoms with E-state index < -0.39 is 0 Å². The summed E-state index contributed by atoms with van der Waals surface area (Å²) in [6, 6.07) is 17.1. The zero-order chi connectivity index (χ0) is 17.9. The van der Waals surface area contributed by atoms with Gasteiger partial charge in [0.25, 0.3) is 5.56 Å². The predicted molar refractivity (Wildman–Crippen MR) is 98.9 cm³/mol. The van der Waals surface area contributed by atoms with Crippen LogP contribution in [0.3, 0.4) is 0 Å². The second kappa shape index (κ2) is 6.89. The lowest BCUT2D eigenvalue weighted by Gasteiger charge is -2.14. The monoisotopic (exact) mass is 346 g/mol. The Morgan fingerprint density at radius 3 is 2.65 bits per heavy atom. The zero-order valence-corrected chi connectivity index (χ0v) is 14.3. The fourth-order valence-electron chi connectivity index (χ4n) is 2.85. The molecule has 2 aromatic heterocycles. The molecule has 0 atom stereocenters. The summed E-state index contributed by atoms with van der Waals surface area (Å²) < 4.78 is 0. The lowest BCUT2D eigenvalue weighted by molar-refractivity contribution is 0.306. The fraction of sp³-hybridized carbons (Fsp3) is 0.158. The molecule has 130 valence electrons. The molecular weight excluding hydrogens is 328 g/mol. The summed E-state index contributed by atoms with van der Waals surface area (Å²) in [6.45, 7) is 1.11. The first kappa shape index (κ1) is 16.2. The summed E-state index contributed by atoms with van der Waals surface area (Å²) >= 11 is 0. The van der Waals surface area contributed by atoms with Crippen LogP contribution < -0.4 is 5.56 Å². The normalized spacial score (nSPS) is 11.3. The molecule has 4 aromatic rings. The Hall–Kier alpha value is -3.32. The number of H-pyrrole nitrogens is 1. The van der Waals surface area contributed by atoms with Crippen LogP contribution in [0.5, 0.6) is 0 Å². The molecule has 4 rings (SSSR count). The highest BCUT2D eigenvalue weighted by Gasteiger charge is 2.09. The van der Waals surface area contributed by atoms with Gasteiger partial charge in [-0.15, -0.1) is 0 Å². The molecule has 0 unspecified atom stereocenters. The van der Waals surface area contributed by atoms with Gasteiger partial charge in [0.2, 0.25) is 0 Å². The number of benzene rings is 2. The van der Waals surface area contributed by atoms with Crippen LogP contribution in [0.1, 0.15) is 11.5 Å². The lowest BCUT2D eigenvalue weighted by Crippen LogP contribution is -2.22. The first-order valence-electron chi connectivity index (χ1n) is 8.32. The number of nitrogens with zero attached hydrogens (tertiary/aromatic N) is 5. The molecule has 0 bridgehead atoms. The van der Waals surface area contributed by atoms with Crippen molar-refractivity contribution < 1.29 is 0 Å². The molecule has 0 aliphatic carbocycles. The van der Waals surface area contributed by atoms with Gasteiger partial charge in [-0.2, -0.15) is 15.0 Å². The Balaban J connectivity index is 1.48. The highest BCUT2D eigenvalue weighted by molar-refractivity contribution is 5.77. The summed E-state index contributed by atoms with van der Waals surface area (Å²) in [6.07, 6.45) is 1.75. The van der Waals surface area contributed by atoms with E-state index in [0.717, 1.165) is 11.4 Å². The molecule has 7 heteroatoms. The molecule has 1 N–H and O–H groups in total. The maximum absolute atomic E-state index is 12.2. The largest absolute Gasteiger partial charge is 0.309 e. The number of aromatic nitrogens is 5. The Morgan fingerprint density at radius 2 is 1.81 bits per heavy atom. The molecule has 0 saturated heterocycles. The van der Waals surface area contributed by atoms with Gasteiger partial charge in [-0.3, -0.25) is 9.69 Å². The third kappa shape index (κ3) is 3.38. The van der Waals surface area contributed by atoms with Crippen molar-refractivity contribution in [1.82, 2.24) is 29.9 Å². The van der Waals surface area contributed by atoms with E-state index in [4.69, 9.17) is 0 Å². The standard InChI is InChI=1S/C19H18N6O/c1-24(12-14-11-20-25(23-14)15-7-3-2-4-8-15)13-18-21-17-10-6-5-9-16(17)19(26)22-18/h2-11H,12-13H2,1H3,(H,21,22,26). The van der Waals surface area contributed by atoms with Crippen LogP contribution in [-0.2, 0) is 13.1 Å². The molecule has 2 aromatic carbocycles. The van der Waals surface area contributed by atoms with Crippen molar-refractivity contribution in [3.05, 3.63) is 82.7 Å². The smallest absolute Gasteiger partial charge is 0.258 e. The quantitative estimate of drug-likeness (QED) is 0.599. The van der Waals surface area contributed by atoms with Crippen molar-refractivity contribution in [3.8, 4) is 5.69 Å². The SMILES string of the molecule is CN(Cc1cnn(-c2ccccc2)n1)Cc1nc2ccccc2c(=O)[nH]1. The van der Waals surface area contributed by atoms with Crippen molar-refractivity contribution in [1.29, 1.82) is 0 Å². The van der Waals surface area contributed by atoms with Crippen molar-refractivity contribution in [2.75, 3.05) is 7.05 Å². The van der Waals surface area contributed by atoms with E-state index in [1.54, 1.807) is 17.1 Å². The van der Waals surface area contributed by atoms with Crippen LogP contribution in [0.25, 0.3) is 16.6 Å².